The highest BCUT2D eigenvalue weighted by Gasteiger charge is 2.11. The van der Waals surface area contributed by atoms with Crippen LogP contribution in [0.15, 0.2) is 42.7 Å². The van der Waals surface area contributed by atoms with E-state index in [-0.39, 0.29) is 12.1 Å². The van der Waals surface area contributed by atoms with E-state index in [9.17, 15) is 0 Å². The van der Waals surface area contributed by atoms with Crippen LogP contribution in [-0.2, 0) is 12.8 Å². The summed E-state index contributed by atoms with van der Waals surface area (Å²) in [7, 11) is 0. The van der Waals surface area contributed by atoms with Crippen LogP contribution in [0.25, 0.3) is 0 Å². The van der Waals surface area contributed by atoms with Crippen molar-refractivity contribution in [3.8, 4) is 0 Å². The predicted octanol–water partition coefficient (Wildman–Crippen LogP) is 3.68. The summed E-state index contributed by atoms with van der Waals surface area (Å²) in [6.45, 7) is 7.58. The first-order chi connectivity index (χ1) is 12.1. The highest BCUT2D eigenvalue weighted by Crippen LogP contribution is 2.14. The molecule has 3 N–H and O–H groups in total. The first kappa shape index (κ1) is 19.5. The molecule has 0 bridgehead atoms. The number of hydrogen-bond donors (Lipinski definition) is 2. The SMILES string of the molecule is CC(C)Cc1cccnc1CC(N)CCCNC(C)c1ccccn1. The molecule has 0 amide bonds. The van der Waals surface area contributed by atoms with Crippen LogP contribution in [-0.4, -0.2) is 22.6 Å². The quantitative estimate of drug-likeness (QED) is 0.648. The number of pyridine rings is 2. The van der Waals surface area contributed by atoms with Gasteiger partial charge in [-0.25, -0.2) is 0 Å². The van der Waals surface area contributed by atoms with Crippen molar-refractivity contribution in [1.82, 2.24) is 15.3 Å². The monoisotopic (exact) mass is 340 g/mol. The van der Waals surface area contributed by atoms with E-state index in [0.29, 0.717) is 5.92 Å². The Kier molecular flexibility index (Phi) is 8.02. The summed E-state index contributed by atoms with van der Waals surface area (Å²) in [5.41, 5.74) is 9.94. The number of hydrogen-bond acceptors (Lipinski definition) is 4. The predicted molar refractivity (Wildman–Crippen MR) is 104 cm³/mol. The second-order valence-corrected chi connectivity index (χ2v) is 7.24. The third-order valence-corrected chi connectivity index (χ3v) is 4.40. The minimum atomic E-state index is 0.160. The van der Waals surface area contributed by atoms with Gasteiger partial charge in [0.25, 0.3) is 0 Å². The van der Waals surface area contributed by atoms with Gasteiger partial charge in [0, 0.05) is 36.6 Å². The van der Waals surface area contributed by atoms with E-state index < -0.39 is 0 Å². The van der Waals surface area contributed by atoms with Crippen molar-refractivity contribution in [2.75, 3.05) is 6.54 Å². The summed E-state index contributed by atoms with van der Waals surface area (Å²) >= 11 is 0. The van der Waals surface area contributed by atoms with Gasteiger partial charge in [0.05, 0.1) is 5.69 Å². The fraction of sp³-hybridized carbons (Fsp3) is 0.524. The Morgan fingerprint density at radius 3 is 2.52 bits per heavy atom. The zero-order valence-corrected chi connectivity index (χ0v) is 15.8. The topological polar surface area (TPSA) is 63.8 Å². The molecule has 4 nitrogen and oxygen atoms in total. The van der Waals surface area contributed by atoms with Crippen LogP contribution in [0.4, 0.5) is 0 Å². The molecule has 0 aliphatic heterocycles. The Balaban J connectivity index is 1.73. The second kappa shape index (κ2) is 10.3. The molecule has 0 saturated carbocycles. The van der Waals surface area contributed by atoms with Crippen molar-refractivity contribution < 1.29 is 0 Å². The van der Waals surface area contributed by atoms with Gasteiger partial charge in [-0.3, -0.25) is 9.97 Å². The molecular formula is C21H32N4. The summed E-state index contributed by atoms with van der Waals surface area (Å²) in [5, 5.41) is 3.52. The van der Waals surface area contributed by atoms with Gasteiger partial charge < -0.3 is 11.1 Å². The lowest BCUT2D eigenvalue weighted by Crippen LogP contribution is -2.27. The van der Waals surface area contributed by atoms with Crippen molar-refractivity contribution in [2.45, 2.75) is 58.5 Å². The van der Waals surface area contributed by atoms with Gasteiger partial charge in [-0.2, -0.15) is 0 Å². The van der Waals surface area contributed by atoms with E-state index in [0.717, 1.165) is 37.9 Å². The summed E-state index contributed by atoms with van der Waals surface area (Å²) in [6, 6.07) is 10.7. The van der Waals surface area contributed by atoms with E-state index >= 15 is 0 Å². The van der Waals surface area contributed by atoms with Gasteiger partial charge in [-0.1, -0.05) is 26.0 Å². The maximum Gasteiger partial charge on any atom is 0.0570 e. The minimum absolute atomic E-state index is 0.160. The lowest BCUT2D eigenvalue weighted by molar-refractivity contribution is 0.503. The number of nitrogens with zero attached hydrogens (tertiary/aromatic N) is 2. The van der Waals surface area contributed by atoms with Gasteiger partial charge in [0.2, 0.25) is 0 Å². The van der Waals surface area contributed by atoms with Crippen molar-refractivity contribution in [3.05, 3.63) is 59.7 Å². The molecule has 0 aliphatic carbocycles. The van der Waals surface area contributed by atoms with Gasteiger partial charge in [0.15, 0.2) is 0 Å². The van der Waals surface area contributed by atoms with E-state index in [1.165, 1.54) is 11.3 Å². The molecule has 0 aliphatic rings. The maximum absolute atomic E-state index is 6.35. The molecule has 136 valence electrons. The van der Waals surface area contributed by atoms with E-state index in [1.807, 2.05) is 30.6 Å². The normalized spacial score (nSPS) is 13.8. The highest BCUT2D eigenvalue weighted by atomic mass is 14.9. The van der Waals surface area contributed by atoms with Crippen LogP contribution in [0.1, 0.15) is 56.6 Å². The Bertz CT molecular complexity index is 612. The van der Waals surface area contributed by atoms with Crippen LogP contribution in [0.3, 0.4) is 0 Å². The summed E-state index contributed by atoms with van der Waals surface area (Å²) in [4.78, 5) is 8.95. The molecule has 2 heterocycles. The summed E-state index contributed by atoms with van der Waals surface area (Å²) in [6.07, 6.45) is 7.70. The fourth-order valence-electron chi connectivity index (χ4n) is 3.05. The Morgan fingerprint density at radius 2 is 1.80 bits per heavy atom. The third-order valence-electron chi connectivity index (χ3n) is 4.40. The Hall–Kier alpha value is -1.78. The van der Waals surface area contributed by atoms with Crippen LogP contribution in [0.2, 0.25) is 0 Å². The number of nitrogens with one attached hydrogen (secondary N) is 1. The minimum Gasteiger partial charge on any atom is -0.327 e. The van der Waals surface area contributed by atoms with Crippen molar-refractivity contribution in [3.63, 3.8) is 0 Å². The standard InChI is InChI=1S/C21H32N4/c1-16(2)14-18-8-6-13-25-21(18)15-19(22)9-7-12-23-17(3)20-10-4-5-11-24-20/h4-6,8,10-11,13,16-17,19,23H,7,9,12,14-15,22H2,1-3H3. The molecular weight excluding hydrogens is 308 g/mol. The molecule has 25 heavy (non-hydrogen) atoms. The molecule has 2 aromatic rings. The van der Waals surface area contributed by atoms with Gasteiger partial charge in [-0.15, -0.1) is 0 Å². The molecule has 0 fully saturated rings. The number of aromatic nitrogens is 2. The Labute approximate surface area is 152 Å². The fourth-order valence-corrected chi connectivity index (χ4v) is 3.05. The molecule has 2 atom stereocenters. The molecule has 2 aromatic heterocycles. The van der Waals surface area contributed by atoms with Gasteiger partial charge in [-0.05, 0) is 62.4 Å². The number of rotatable bonds is 10. The average molecular weight is 341 g/mol. The first-order valence-electron chi connectivity index (χ1n) is 9.39. The van der Waals surface area contributed by atoms with E-state index in [4.69, 9.17) is 5.73 Å². The van der Waals surface area contributed by atoms with Crippen LogP contribution < -0.4 is 11.1 Å². The molecule has 4 heteroatoms. The summed E-state index contributed by atoms with van der Waals surface area (Å²) < 4.78 is 0. The van der Waals surface area contributed by atoms with Crippen LogP contribution in [0.5, 0.6) is 0 Å². The molecule has 0 radical (unpaired) electrons. The van der Waals surface area contributed by atoms with Crippen molar-refractivity contribution in [1.29, 1.82) is 0 Å². The second-order valence-electron chi connectivity index (χ2n) is 7.24. The first-order valence-corrected chi connectivity index (χ1v) is 9.39. The van der Waals surface area contributed by atoms with Crippen molar-refractivity contribution in [2.24, 2.45) is 11.7 Å². The number of nitrogens with two attached hydrogens (primary N) is 1. The lowest BCUT2D eigenvalue weighted by atomic mass is 9.97. The van der Waals surface area contributed by atoms with E-state index in [2.05, 4.69) is 48.2 Å². The molecule has 0 spiro atoms. The smallest absolute Gasteiger partial charge is 0.0570 e. The molecule has 0 saturated heterocycles. The zero-order valence-electron chi connectivity index (χ0n) is 15.8. The largest absolute Gasteiger partial charge is 0.327 e. The van der Waals surface area contributed by atoms with Gasteiger partial charge >= 0.3 is 0 Å². The Morgan fingerprint density at radius 1 is 1.00 bits per heavy atom. The molecule has 0 aromatic carbocycles. The molecule has 2 unspecified atom stereocenters. The van der Waals surface area contributed by atoms with E-state index in [1.54, 1.807) is 0 Å². The zero-order chi connectivity index (χ0) is 18.1. The van der Waals surface area contributed by atoms with Crippen LogP contribution in [0, 0.1) is 5.92 Å². The highest BCUT2D eigenvalue weighted by molar-refractivity contribution is 5.21. The van der Waals surface area contributed by atoms with Crippen LogP contribution >= 0.6 is 0 Å². The van der Waals surface area contributed by atoms with Gasteiger partial charge in [0.1, 0.15) is 0 Å². The maximum atomic E-state index is 6.35. The lowest BCUT2D eigenvalue weighted by Gasteiger charge is -2.16. The molecule has 2 rings (SSSR count). The average Bonchev–Trinajstić information content (AvgIpc) is 2.60. The summed E-state index contributed by atoms with van der Waals surface area (Å²) in [5.74, 6) is 0.636. The van der Waals surface area contributed by atoms with Crippen molar-refractivity contribution >= 4 is 0 Å². The third kappa shape index (κ3) is 6.92.